The quantitative estimate of drug-likeness (QED) is 0.585. The number of aromatic amines is 1. The number of H-pyrrole nitrogens is 1. The Hall–Kier alpha value is -1.76. The molecule has 0 aliphatic rings. The molecule has 0 bridgehead atoms. The number of nitrogens with zero attached hydrogens (tertiary/aromatic N) is 1. The van der Waals surface area contributed by atoms with Gasteiger partial charge in [0.15, 0.2) is 0 Å². The lowest BCUT2D eigenvalue weighted by Crippen LogP contribution is -2.39. The van der Waals surface area contributed by atoms with Crippen molar-refractivity contribution in [3.05, 3.63) is 20.8 Å². The Balaban J connectivity index is 3.25. The zero-order valence-corrected chi connectivity index (χ0v) is 11.6. The van der Waals surface area contributed by atoms with Gasteiger partial charge in [0.1, 0.15) is 11.5 Å². The largest absolute Gasteiger partial charge is 0.396 e. The zero-order chi connectivity index (χ0) is 14.6. The molecule has 7 heteroatoms. The number of hydrogen-bond donors (Lipinski definition) is 4. The smallest absolute Gasteiger partial charge is 0.330 e. The van der Waals surface area contributed by atoms with Crippen LogP contribution in [0.3, 0.4) is 0 Å². The Kier molecular flexibility index (Phi) is 4.77. The van der Waals surface area contributed by atoms with Crippen LogP contribution in [0.1, 0.15) is 33.6 Å². The molecule has 5 N–H and O–H groups in total. The van der Waals surface area contributed by atoms with E-state index in [2.05, 4.69) is 10.3 Å². The van der Waals surface area contributed by atoms with E-state index in [4.69, 9.17) is 10.8 Å². The van der Waals surface area contributed by atoms with Crippen LogP contribution < -0.4 is 22.3 Å². The maximum atomic E-state index is 11.8. The molecule has 1 rings (SSSR count). The first kappa shape index (κ1) is 15.3. The molecule has 0 unspecified atom stereocenters. The summed E-state index contributed by atoms with van der Waals surface area (Å²) in [7, 11) is 0. The van der Waals surface area contributed by atoms with E-state index >= 15 is 0 Å². The van der Waals surface area contributed by atoms with Crippen LogP contribution in [0.5, 0.6) is 0 Å². The lowest BCUT2D eigenvalue weighted by Gasteiger charge is -2.27. The zero-order valence-electron chi connectivity index (χ0n) is 11.6. The van der Waals surface area contributed by atoms with Gasteiger partial charge in [-0.2, -0.15) is 0 Å². The third-order valence-electron chi connectivity index (χ3n) is 2.89. The molecule has 0 fully saturated rings. The number of nitrogen functional groups attached to an aromatic ring is 1. The van der Waals surface area contributed by atoms with Gasteiger partial charge >= 0.3 is 5.69 Å². The highest BCUT2D eigenvalue weighted by Gasteiger charge is 2.21. The van der Waals surface area contributed by atoms with Gasteiger partial charge in [0.2, 0.25) is 0 Å². The lowest BCUT2D eigenvalue weighted by atomic mass is 10.0. The summed E-state index contributed by atoms with van der Waals surface area (Å²) in [5.41, 5.74) is 4.52. The molecule has 1 heterocycles. The van der Waals surface area contributed by atoms with Crippen LogP contribution in [0.4, 0.5) is 11.5 Å². The Morgan fingerprint density at radius 1 is 1.42 bits per heavy atom. The molecule has 0 aliphatic heterocycles. The number of aliphatic hydroxyl groups excluding tert-OH is 1. The van der Waals surface area contributed by atoms with Crippen molar-refractivity contribution < 1.29 is 5.11 Å². The average Bonchev–Trinajstić information content (AvgIpc) is 2.30. The van der Waals surface area contributed by atoms with E-state index in [1.165, 1.54) is 4.57 Å². The van der Waals surface area contributed by atoms with E-state index in [-0.39, 0.29) is 18.1 Å². The Bertz CT molecular complexity index is 545. The van der Waals surface area contributed by atoms with E-state index in [0.29, 0.717) is 13.0 Å². The standard InChI is InChI=1S/C12H22N4O3/c1-4-6-16-9(13)8(10(18)14-11(16)19)15-12(2,3)5-7-17/h15,17H,4-7,13H2,1-3H3,(H,14,18,19). The molecule has 108 valence electrons. The van der Waals surface area contributed by atoms with Crippen LogP contribution in [-0.4, -0.2) is 26.8 Å². The van der Waals surface area contributed by atoms with Crippen molar-refractivity contribution in [3.63, 3.8) is 0 Å². The van der Waals surface area contributed by atoms with Gasteiger partial charge in [0.05, 0.1) is 0 Å². The summed E-state index contributed by atoms with van der Waals surface area (Å²) in [6.45, 7) is 6.04. The SMILES string of the molecule is CCCn1c(N)c(NC(C)(C)CCO)c(=O)[nH]c1=O. The van der Waals surface area contributed by atoms with Crippen molar-refractivity contribution in [1.82, 2.24) is 9.55 Å². The van der Waals surface area contributed by atoms with E-state index in [1.807, 2.05) is 20.8 Å². The van der Waals surface area contributed by atoms with Crippen LogP contribution in [-0.2, 0) is 6.54 Å². The lowest BCUT2D eigenvalue weighted by molar-refractivity contribution is 0.260. The highest BCUT2D eigenvalue weighted by molar-refractivity contribution is 5.61. The molecule has 0 aliphatic carbocycles. The first-order valence-electron chi connectivity index (χ1n) is 6.34. The van der Waals surface area contributed by atoms with Crippen LogP contribution in [0.2, 0.25) is 0 Å². The Labute approximate surface area is 111 Å². The third kappa shape index (κ3) is 3.60. The molecular formula is C12H22N4O3. The van der Waals surface area contributed by atoms with Crippen molar-refractivity contribution in [2.24, 2.45) is 0 Å². The van der Waals surface area contributed by atoms with E-state index < -0.39 is 16.8 Å². The van der Waals surface area contributed by atoms with Crippen molar-refractivity contribution in [3.8, 4) is 0 Å². The summed E-state index contributed by atoms with van der Waals surface area (Å²) in [6, 6.07) is 0. The number of nitrogens with one attached hydrogen (secondary N) is 2. The third-order valence-corrected chi connectivity index (χ3v) is 2.89. The summed E-state index contributed by atoms with van der Waals surface area (Å²) in [5.74, 6) is 0.126. The van der Waals surface area contributed by atoms with E-state index in [1.54, 1.807) is 0 Å². The summed E-state index contributed by atoms with van der Waals surface area (Å²) in [4.78, 5) is 25.7. The number of aliphatic hydroxyl groups is 1. The Morgan fingerprint density at radius 3 is 2.58 bits per heavy atom. The second-order valence-corrected chi connectivity index (χ2v) is 5.15. The molecule has 7 nitrogen and oxygen atoms in total. The van der Waals surface area contributed by atoms with Gasteiger partial charge in [-0.15, -0.1) is 0 Å². The van der Waals surface area contributed by atoms with Gasteiger partial charge in [-0.05, 0) is 26.7 Å². The minimum Gasteiger partial charge on any atom is -0.396 e. The number of anilines is 2. The van der Waals surface area contributed by atoms with Gasteiger partial charge in [-0.3, -0.25) is 14.3 Å². The molecule has 0 atom stereocenters. The fourth-order valence-corrected chi connectivity index (χ4v) is 1.83. The molecule has 0 saturated carbocycles. The number of aromatic nitrogens is 2. The van der Waals surface area contributed by atoms with E-state index in [9.17, 15) is 9.59 Å². The maximum Gasteiger partial charge on any atom is 0.330 e. The highest BCUT2D eigenvalue weighted by atomic mass is 16.3. The van der Waals surface area contributed by atoms with Crippen LogP contribution in [0.25, 0.3) is 0 Å². The molecular weight excluding hydrogens is 248 g/mol. The summed E-state index contributed by atoms with van der Waals surface area (Å²) in [5, 5.41) is 12.0. The minimum absolute atomic E-state index is 0.00753. The average molecular weight is 270 g/mol. The van der Waals surface area contributed by atoms with Gasteiger partial charge in [0, 0.05) is 18.7 Å². The van der Waals surface area contributed by atoms with Crippen molar-refractivity contribution in [1.29, 1.82) is 0 Å². The highest BCUT2D eigenvalue weighted by Crippen LogP contribution is 2.19. The molecule has 19 heavy (non-hydrogen) atoms. The molecule has 0 radical (unpaired) electrons. The molecule has 0 amide bonds. The first-order valence-corrected chi connectivity index (χ1v) is 6.34. The summed E-state index contributed by atoms with van der Waals surface area (Å²) >= 11 is 0. The maximum absolute atomic E-state index is 11.8. The monoisotopic (exact) mass is 270 g/mol. The molecule has 0 saturated heterocycles. The fraction of sp³-hybridized carbons (Fsp3) is 0.667. The van der Waals surface area contributed by atoms with Gasteiger partial charge in [0.25, 0.3) is 5.56 Å². The van der Waals surface area contributed by atoms with Crippen molar-refractivity contribution in [2.75, 3.05) is 17.7 Å². The first-order chi connectivity index (χ1) is 8.82. The molecule has 0 spiro atoms. The summed E-state index contributed by atoms with van der Waals surface area (Å²) in [6.07, 6.45) is 1.19. The van der Waals surface area contributed by atoms with Gasteiger partial charge in [-0.25, -0.2) is 4.79 Å². The number of hydrogen-bond acceptors (Lipinski definition) is 5. The predicted octanol–water partition coefficient (Wildman–Crippen LogP) is 0.102. The normalized spacial score (nSPS) is 11.6. The van der Waals surface area contributed by atoms with Crippen molar-refractivity contribution >= 4 is 11.5 Å². The summed E-state index contributed by atoms with van der Waals surface area (Å²) < 4.78 is 1.33. The van der Waals surface area contributed by atoms with Gasteiger partial charge in [-0.1, -0.05) is 6.92 Å². The van der Waals surface area contributed by atoms with Crippen LogP contribution >= 0.6 is 0 Å². The number of rotatable bonds is 6. The van der Waals surface area contributed by atoms with Crippen LogP contribution in [0.15, 0.2) is 9.59 Å². The van der Waals surface area contributed by atoms with Gasteiger partial charge < -0.3 is 16.2 Å². The van der Waals surface area contributed by atoms with Crippen molar-refractivity contribution in [2.45, 2.75) is 45.7 Å². The van der Waals surface area contributed by atoms with Crippen LogP contribution in [0, 0.1) is 0 Å². The topological polar surface area (TPSA) is 113 Å². The second-order valence-electron chi connectivity index (χ2n) is 5.15. The minimum atomic E-state index is -0.541. The van der Waals surface area contributed by atoms with E-state index in [0.717, 1.165) is 6.42 Å². The predicted molar refractivity (Wildman–Crippen MR) is 75.4 cm³/mol. The molecule has 1 aromatic heterocycles. The fourth-order valence-electron chi connectivity index (χ4n) is 1.83. The Morgan fingerprint density at radius 2 is 2.05 bits per heavy atom. The molecule has 0 aromatic carbocycles. The number of nitrogens with two attached hydrogens (primary N) is 1. The molecule has 1 aromatic rings. The second kappa shape index (κ2) is 5.92.